The van der Waals surface area contributed by atoms with Crippen LogP contribution in [0, 0.1) is 5.92 Å². The van der Waals surface area contributed by atoms with Gasteiger partial charge in [0.1, 0.15) is 0 Å². The second-order valence-corrected chi connectivity index (χ2v) is 6.36. The normalized spacial score (nSPS) is 19.9. The molecule has 0 atom stereocenters. The van der Waals surface area contributed by atoms with E-state index in [-0.39, 0.29) is 11.9 Å². The van der Waals surface area contributed by atoms with Gasteiger partial charge in [-0.3, -0.25) is 4.79 Å². The van der Waals surface area contributed by atoms with Crippen molar-refractivity contribution in [2.75, 3.05) is 7.11 Å². The first-order valence-corrected chi connectivity index (χ1v) is 8.20. The van der Waals surface area contributed by atoms with Gasteiger partial charge in [0.2, 0.25) is 0 Å². The molecule has 2 aromatic carbocycles. The van der Waals surface area contributed by atoms with Gasteiger partial charge >= 0.3 is 5.97 Å². The van der Waals surface area contributed by atoms with Crippen LogP contribution >= 0.6 is 11.6 Å². The standard InChI is InChI=1S/C19H20ClNO2/c1-23-19(22)15-10-16(11-15)21-12-13-7-8-17(18(20)9-13)14-5-3-2-4-6-14/h2-9,15-16,21H,10-12H2,1H3. The zero-order chi connectivity index (χ0) is 16.2. The molecule has 0 bridgehead atoms. The number of hydrogen-bond acceptors (Lipinski definition) is 3. The summed E-state index contributed by atoms with van der Waals surface area (Å²) in [7, 11) is 1.44. The molecule has 23 heavy (non-hydrogen) atoms. The number of rotatable bonds is 5. The number of methoxy groups -OCH3 is 1. The number of nitrogens with one attached hydrogen (secondary N) is 1. The number of ether oxygens (including phenoxy) is 1. The highest BCUT2D eigenvalue weighted by atomic mass is 35.5. The molecular weight excluding hydrogens is 310 g/mol. The van der Waals surface area contributed by atoms with Crippen molar-refractivity contribution in [2.24, 2.45) is 5.92 Å². The van der Waals surface area contributed by atoms with E-state index in [1.165, 1.54) is 7.11 Å². The van der Waals surface area contributed by atoms with Gasteiger partial charge in [0, 0.05) is 23.2 Å². The fourth-order valence-corrected chi connectivity index (χ4v) is 3.24. The van der Waals surface area contributed by atoms with Gasteiger partial charge in [-0.1, -0.05) is 54.1 Å². The van der Waals surface area contributed by atoms with Gasteiger partial charge in [0.25, 0.3) is 0 Å². The fraction of sp³-hybridized carbons (Fsp3) is 0.316. The first kappa shape index (κ1) is 16.0. The Balaban J connectivity index is 1.56. The highest BCUT2D eigenvalue weighted by Crippen LogP contribution is 2.30. The summed E-state index contributed by atoms with van der Waals surface area (Å²) in [5.74, 6) is -0.0418. The molecule has 0 aliphatic heterocycles. The van der Waals surface area contributed by atoms with Gasteiger partial charge in [-0.25, -0.2) is 0 Å². The lowest BCUT2D eigenvalue weighted by Crippen LogP contribution is -2.44. The van der Waals surface area contributed by atoms with E-state index >= 15 is 0 Å². The Labute approximate surface area is 141 Å². The second-order valence-electron chi connectivity index (χ2n) is 5.95. The summed E-state index contributed by atoms with van der Waals surface area (Å²) in [5.41, 5.74) is 3.32. The Morgan fingerprint density at radius 1 is 1.22 bits per heavy atom. The van der Waals surface area contributed by atoms with E-state index in [0.29, 0.717) is 6.04 Å². The highest BCUT2D eigenvalue weighted by molar-refractivity contribution is 6.33. The summed E-state index contributed by atoms with van der Waals surface area (Å²) in [6, 6.07) is 16.7. The number of carbonyl (C=O) groups excluding carboxylic acids is 1. The number of carbonyl (C=O) groups is 1. The van der Waals surface area contributed by atoms with Gasteiger partial charge in [-0.15, -0.1) is 0 Å². The molecule has 1 aliphatic carbocycles. The van der Waals surface area contributed by atoms with Crippen molar-refractivity contribution in [1.29, 1.82) is 0 Å². The molecule has 120 valence electrons. The van der Waals surface area contributed by atoms with Crippen molar-refractivity contribution in [3.05, 3.63) is 59.1 Å². The van der Waals surface area contributed by atoms with E-state index in [2.05, 4.69) is 29.6 Å². The van der Waals surface area contributed by atoms with Crippen molar-refractivity contribution in [3.8, 4) is 11.1 Å². The molecule has 3 nitrogen and oxygen atoms in total. The van der Waals surface area contributed by atoms with Gasteiger partial charge < -0.3 is 10.1 Å². The summed E-state index contributed by atoms with van der Waals surface area (Å²) >= 11 is 6.42. The minimum Gasteiger partial charge on any atom is -0.469 e. The summed E-state index contributed by atoms with van der Waals surface area (Å²) in [4.78, 5) is 11.4. The Kier molecular flexibility index (Phi) is 4.99. The monoisotopic (exact) mass is 329 g/mol. The van der Waals surface area contributed by atoms with Crippen molar-refractivity contribution in [3.63, 3.8) is 0 Å². The zero-order valence-corrected chi connectivity index (χ0v) is 13.8. The first-order valence-electron chi connectivity index (χ1n) is 7.82. The Morgan fingerprint density at radius 3 is 2.61 bits per heavy atom. The summed E-state index contributed by atoms with van der Waals surface area (Å²) < 4.78 is 4.75. The summed E-state index contributed by atoms with van der Waals surface area (Å²) in [6.07, 6.45) is 1.70. The molecule has 0 saturated heterocycles. The summed E-state index contributed by atoms with van der Waals surface area (Å²) in [6.45, 7) is 0.757. The van der Waals surface area contributed by atoms with E-state index in [9.17, 15) is 4.79 Å². The molecule has 0 radical (unpaired) electrons. The molecular formula is C19H20ClNO2. The second kappa shape index (κ2) is 7.16. The van der Waals surface area contributed by atoms with Crippen LogP contribution in [0.3, 0.4) is 0 Å². The van der Waals surface area contributed by atoms with Crippen LogP contribution in [-0.4, -0.2) is 19.1 Å². The maximum atomic E-state index is 11.4. The van der Waals surface area contributed by atoms with Crippen LogP contribution in [0.25, 0.3) is 11.1 Å². The van der Waals surface area contributed by atoms with Crippen LogP contribution in [-0.2, 0) is 16.1 Å². The quantitative estimate of drug-likeness (QED) is 0.841. The Bertz CT molecular complexity index is 681. The smallest absolute Gasteiger partial charge is 0.308 e. The average Bonchev–Trinajstić information content (AvgIpc) is 2.54. The lowest BCUT2D eigenvalue weighted by molar-refractivity contribution is -0.149. The van der Waals surface area contributed by atoms with Crippen LogP contribution < -0.4 is 5.32 Å². The molecule has 0 unspecified atom stereocenters. The molecule has 0 aromatic heterocycles. The van der Waals surface area contributed by atoms with Crippen LogP contribution in [0.2, 0.25) is 5.02 Å². The maximum Gasteiger partial charge on any atom is 0.308 e. The molecule has 1 saturated carbocycles. The molecule has 2 aromatic rings. The minimum atomic E-state index is -0.0988. The maximum absolute atomic E-state index is 11.4. The predicted molar refractivity (Wildman–Crippen MR) is 92.3 cm³/mol. The minimum absolute atomic E-state index is 0.0570. The molecule has 0 heterocycles. The van der Waals surface area contributed by atoms with Crippen LogP contribution in [0.4, 0.5) is 0 Å². The van der Waals surface area contributed by atoms with Crippen LogP contribution in [0.1, 0.15) is 18.4 Å². The third-order valence-corrected chi connectivity index (χ3v) is 4.70. The third kappa shape index (κ3) is 3.74. The number of halogens is 1. The van der Waals surface area contributed by atoms with Gasteiger partial charge in [-0.05, 0) is 30.0 Å². The third-order valence-electron chi connectivity index (χ3n) is 4.39. The van der Waals surface area contributed by atoms with Gasteiger partial charge in [0.05, 0.1) is 13.0 Å². The van der Waals surface area contributed by atoms with E-state index in [0.717, 1.165) is 41.1 Å². The number of benzene rings is 2. The predicted octanol–water partition coefficient (Wildman–Crippen LogP) is 4.05. The van der Waals surface area contributed by atoms with Crippen molar-refractivity contribution < 1.29 is 9.53 Å². The fourth-order valence-electron chi connectivity index (χ4n) is 2.93. The molecule has 1 aliphatic rings. The van der Waals surface area contributed by atoms with Gasteiger partial charge in [0.15, 0.2) is 0 Å². The molecule has 0 amide bonds. The van der Waals surface area contributed by atoms with Crippen molar-refractivity contribution in [1.82, 2.24) is 5.32 Å². The first-order chi connectivity index (χ1) is 11.2. The van der Waals surface area contributed by atoms with Crippen LogP contribution in [0.5, 0.6) is 0 Å². The largest absolute Gasteiger partial charge is 0.469 e. The average molecular weight is 330 g/mol. The zero-order valence-electron chi connectivity index (χ0n) is 13.1. The Hall–Kier alpha value is -1.84. The van der Waals surface area contributed by atoms with E-state index in [1.807, 2.05) is 24.3 Å². The number of hydrogen-bond donors (Lipinski definition) is 1. The lowest BCUT2D eigenvalue weighted by Gasteiger charge is -2.34. The van der Waals surface area contributed by atoms with E-state index < -0.39 is 0 Å². The molecule has 1 N–H and O–H groups in total. The van der Waals surface area contributed by atoms with Crippen molar-refractivity contribution in [2.45, 2.75) is 25.4 Å². The van der Waals surface area contributed by atoms with E-state index in [1.54, 1.807) is 0 Å². The molecule has 4 heteroatoms. The van der Waals surface area contributed by atoms with Crippen molar-refractivity contribution >= 4 is 17.6 Å². The SMILES string of the molecule is COC(=O)C1CC(NCc2ccc(-c3ccccc3)c(Cl)c2)C1. The number of esters is 1. The van der Waals surface area contributed by atoms with Gasteiger partial charge in [-0.2, -0.15) is 0 Å². The summed E-state index contributed by atoms with van der Waals surface area (Å²) in [5, 5.41) is 4.23. The lowest BCUT2D eigenvalue weighted by atomic mass is 9.80. The van der Waals surface area contributed by atoms with E-state index in [4.69, 9.17) is 16.3 Å². The Morgan fingerprint density at radius 2 is 1.96 bits per heavy atom. The van der Waals surface area contributed by atoms with Crippen LogP contribution in [0.15, 0.2) is 48.5 Å². The topological polar surface area (TPSA) is 38.3 Å². The molecule has 3 rings (SSSR count). The molecule has 1 fully saturated rings. The highest BCUT2D eigenvalue weighted by Gasteiger charge is 2.34. The molecule has 0 spiro atoms.